The first-order valence-corrected chi connectivity index (χ1v) is 6.98. The molecule has 108 valence electrons. The highest BCUT2D eigenvalue weighted by Gasteiger charge is 2.36. The van der Waals surface area contributed by atoms with E-state index in [0.29, 0.717) is 17.8 Å². The minimum atomic E-state index is -0.767. The Morgan fingerprint density at radius 2 is 2.00 bits per heavy atom. The number of nitrogens with zero attached hydrogens (tertiary/aromatic N) is 2. The first-order valence-electron chi connectivity index (χ1n) is 6.98. The van der Waals surface area contributed by atoms with Gasteiger partial charge >= 0.3 is 5.69 Å². The minimum absolute atomic E-state index is 0.231. The number of hydrogen-bond donors (Lipinski definition) is 1. The van der Waals surface area contributed by atoms with Gasteiger partial charge in [-0.2, -0.15) is 4.39 Å². The van der Waals surface area contributed by atoms with Crippen LogP contribution in [0, 0.1) is 15.9 Å². The van der Waals surface area contributed by atoms with Crippen LogP contribution in [0.25, 0.3) is 0 Å². The van der Waals surface area contributed by atoms with Gasteiger partial charge in [-0.15, -0.1) is 0 Å². The summed E-state index contributed by atoms with van der Waals surface area (Å²) in [6, 6.07) is 5.52. The lowest BCUT2D eigenvalue weighted by atomic mass is 9.98. The molecular weight excluding hydrogens is 261 g/mol. The van der Waals surface area contributed by atoms with E-state index in [0.717, 1.165) is 18.9 Å². The number of piperidine rings is 1. The van der Waals surface area contributed by atoms with E-state index in [1.165, 1.54) is 18.9 Å². The van der Waals surface area contributed by atoms with Gasteiger partial charge in [0.2, 0.25) is 5.82 Å². The largest absolute Gasteiger partial charge is 0.366 e. The van der Waals surface area contributed by atoms with Crippen molar-refractivity contribution >= 4 is 11.4 Å². The Balaban J connectivity index is 1.89. The zero-order valence-corrected chi connectivity index (χ0v) is 11.4. The summed E-state index contributed by atoms with van der Waals surface area (Å²) in [5, 5.41) is 14.6. The average Bonchev–Trinajstić information content (AvgIpc) is 2.75. The second-order valence-corrected chi connectivity index (χ2v) is 5.74. The Kier molecular flexibility index (Phi) is 3.33. The van der Waals surface area contributed by atoms with Crippen LogP contribution >= 0.6 is 0 Å². The highest BCUT2D eigenvalue weighted by Crippen LogP contribution is 2.36. The molecule has 0 amide bonds. The van der Waals surface area contributed by atoms with Gasteiger partial charge in [0.25, 0.3) is 0 Å². The molecule has 2 atom stereocenters. The smallest absolute Gasteiger partial charge is 0.327 e. The van der Waals surface area contributed by atoms with Gasteiger partial charge in [0, 0.05) is 25.2 Å². The lowest BCUT2D eigenvalue weighted by Gasteiger charge is -2.36. The molecule has 20 heavy (non-hydrogen) atoms. The molecule has 2 aliphatic rings. The molecule has 0 aromatic heterocycles. The topological polar surface area (TPSA) is 58.4 Å². The number of anilines is 1. The fourth-order valence-corrected chi connectivity index (χ4v) is 3.51. The molecule has 2 fully saturated rings. The molecule has 0 aliphatic carbocycles. The molecule has 1 N–H and O–H groups in total. The number of halogens is 1. The summed E-state index contributed by atoms with van der Waals surface area (Å²) >= 11 is 0. The molecule has 1 aromatic rings. The van der Waals surface area contributed by atoms with E-state index >= 15 is 0 Å². The molecule has 1 aromatic carbocycles. The fraction of sp³-hybridized carbons (Fsp3) is 0.571. The van der Waals surface area contributed by atoms with Crippen LogP contribution in [-0.4, -0.2) is 30.1 Å². The second kappa shape index (κ2) is 5.01. The standard InChI is InChI=1S/C14H18FN3O2/c1-17(11-7-9-5-6-10(8-11)16-9)13-4-2-3-12(15)14(13)18(19)20/h2-4,9-11,16H,5-8H2,1H3. The Morgan fingerprint density at radius 1 is 1.35 bits per heavy atom. The third-order valence-corrected chi connectivity index (χ3v) is 4.52. The Bertz CT molecular complexity index is 525. The molecule has 2 saturated heterocycles. The summed E-state index contributed by atoms with van der Waals surface area (Å²) in [4.78, 5) is 12.4. The highest BCUT2D eigenvalue weighted by atomic mass is 19.1. The van der Waals surface area contributed by atoms with Crippen molar-refractivity contribution in [2.45, 2.75) is 43.8 Å². The Hall–Kier alpha value is -1.69. The van der Waals surface area contributed by atoms with Crippen LogP contribution in [0.1, 0.15) is 25.7 Å². The summed E-state index contributed by atoms with van der Waals surface area (Å²) < 4.78 is 13.7. The number of fused-ring (bicyclic) bond motifs is 2. The van der Waals surface area contributed by atoms with Crippen molar-refractivity contribution in [1.29, 1.82) is 0 Å². The Labute approximate surface area is 116 Å². The average molecular weight is 279 g/mol. The van der Waals surface area contributed by atoms with E-state index in [-0.39, 0.29) is 6.04 Å². The zero-order valence-electron chi connectivity index (χ0n) is 11.4. The van der Waals surface area contributed by atoms with Gasteiger partial charge in [-0.3, -0.25) is 10.1 Å². The molecule has 2 bridgehead atoms. The normalized spacial score (nSPS) is 28.4. The number of nitrogens with one attached hydrogen (secondary N) is 1. The maximum Gasteiger partial charge on any atom is 0.327 e. The van der Waals surface area contributed by atoms with E-state index in [9.17, 15) is 14.5 Å². The maximum absolute atomic E-state index is 13.7. The highest BCUT2D eigenvalue weighted by molar-refractivity contribution is 5.64. The van der Waals surface area contributed by atoms with Crippen LogP contribution in [0.15, 0.2) is 18.2 Å². The summed E-state index contributed by atoms with van der Waals surface area (Å²) in [5.41, 5.74) is -0.0396. The van der Waals surface area contributed by atoms with Crippen LogP contribution in [0.3, 0.4) is 0 Å². The van der Waals surface area contributed by atoms with Crippen LogP contribution in [-0.2, 0) is 0 Å². The van der Waals surface area contributed by atoms with Crippen molar-refractivity contribution in [3.05, 3.63) is 34.1 Å². The van der Waals surface area contributed by atoms with Gasteiger partial charge in [0.1, 0.15) is 5.69 Å². The van der Waals surface area contributed by atoms with Gasteiger partial charge in [-0.1, -0.05) is 6.07 Å². The molecular formula is C14H18FN3O2. The van der Waals surface area contributed by atoms with E-state index in [1.54, 1.807) is 6.07 Å². The molecule has 2 unspecified atom stereocenters. The summed E-state index contributed by atoms with van der Waals surface area (Å²) in [6.07, 6.45) is 4.25. The van der Waals surface area contributed by atoms with Crippen LogP contribution < -0.4 is 10.2 Å². The number of benzene rings is 1. The molecule has 0 saturated carbocycles. The molecule has 5 nitrogen and oxygen atoms in total. The van der Waals surface area contributed by atoms with Crippen molar-refractivity contribution < 1.29 is 9.31 Å². The van der Waals surface area contributed by atoms with E-state index in [1.807, 2.05) is 11.9 Å². The quantitative estimate of drug-likeness (QED) is 0.682. The van der Waals surface area contributed by atoms with E-state index in [4.69, 9.17) is 0 Å². The molecule has 2 aliphatic heterocycles. The second-order valence-electron chi connectivity index (χ2n) is 5.74. The summed E-state index contributed by atoms with van der Waals surface area (Å²) in [6.45, 7) is 0. The third kappa shape index (κ3) is 2.24. The van der Waals surface area contributed by atoms with Crippen molar-refractivity contribution in [3.63, 3.8) is 0 Å². The minimum Gasteiger partial charge on any atom is -0.366 e. The van der Waals surface area contributed by atoms with E-state index < -0.39 is 16.4 Å². The van der Waals surface area contributed by atoms with Crippen LogP contribution in [0.2, 0.25) is 0 Å². The molecule has 0 radical (unpaired) electrons. The fourth-order valence-electron chi connectivity index (χ4n) is 3.51. The van der Waals surface area contributed by atoms with Crippen molar-refractivity contribution in [3.8, 4) is 0 Å². The van der Waals surface area contributed by atoms with Gasteiger partial charge in [-0.05, 0) is 37.8 Å². The summed E-state index contributed by atoms with van der Waals surface area (Å²) in [5.74, 6) is -0.767. The predicted octanol–water partition coefficient (Wildman–Crippen LogP) is 2.45. The number of rotatable bonds is 3. The first-order chi connectivity index (χ1) is 9.56. The van der Waals surface area contributed by atoms with Crippen molar-refractivity contribution in [2.24, 2.45) is 0 Å². The Morgan fingerprint density at radius 3 is 2.60 bits per heavy atom. The molecule has 2 heterocycles. The predicted molar refractivity (Wildman–Crippen MR) is 74.4 cm³/mol. The van der Waals surface area contributed by atoms with Gasteiger partial charge in [0.15, 0.2) is 0 Å². The lowest BCUT2D eigenvalue weighted by molar-refractivity contribution is -0.386. The lowest BCUT2D eigenvalue weighted by Crippen LogP contribution is -2.47. The van der Waals surface area contributed by atoms with Crippen LogP contribution in [0.5, 0.6) is 0 Å². The number of nitro benzene ring substituents is 1. The van der Waals surface area contributed by atoms with E-state index in [2.05, 4.69) is 5.32 Å². The third-order valence-electron chi connectivity index (χ3n) is 4.52. The number of hydrogen-bond acceptors (Lipinski definition) is 4. The molecule has 3 rings (SSSR count). The number of nitro groups is 1. The SMILES string of the molecule is CN(c1cccc(F)c1[N+](=O)[O-])C1CC2CCC(C1)N2. The number of para-hydroxylation sites is 1. The zero-order chi connectivity index (χ0) is 14.3. The molecule has 6 heteroatoms. The van der Waals surface area contributed by atoms with Crippen molar-refractivity contribution in [1.82, 2.24) is 5.32 Å². The van der Waals surface area contributed by atoms with Gasteiger partial charge < -0.3 is 10.2 Å². The summed E-state index contributed by atoms with van der Waals surface area (Å²) in [7, 11) is 1.83. The van der Waals surface area contributed by atoms with Gasteiger partial charge in [0.05, 0.1) is 4.92 Å². The first kappa shape index (κ1) is 13.3. The molecule has 0 spiro atoms. The van der Waals surface area contributed by atoms with Gasteiger partial charge in [-0.25, -0.2) is 0 Å². The monoisotopic (exact) mass is 279 g/mol. The van der Waals surface area contributed by atoms with Crippen molar-refractivity contribution in [2.75, 3.05) is 11.9 Å². The van der Waals surface area contributed by atoms with Crippen LogP contribution in [0.4, 0.5) is 15.8 Å². The maximum atomic E-state index is 13.7.